The molecule has 0 aliphatic carbocycles. The van der Waals surface area contributed by atoms with Gasteiger partial charge in [0.2, 0.25) is 0 Å². The van der Waals surface area contributed by atoms with Crippen molar-refractivity contribution in [3.63, 3.8) is 0 Å². The summed E-state index contributed by atoms with van der Waals surface area (Å²) in [5.74, 6) is 0.818. The predicted molar refractivity (Wildman–Crippen MR) is 79.8 cm³/mol. The zero-order chi connectivity index (χ0) is 14.1. The molecule has 0 N–H and O–H groups in total. The van der Waals surface area contributed by atoms with Crippen LogP contribution in [0.15, 0.2) is 42.7 Å². The molecule has 0 spiro atoms. The van der Waals surface area contributed by atoms with Gasteiger partial charge in [-0.15, -0.1) is 11.6 Å². The van der Waals surface area contributed by atoms with E-state index >= 15 is 0 Å². The summed E-state index contributed by atoms with van der Waals surface area (Å²) in [4.78, 5) is 13.5. The van der Waals surface area contributed by atoms with E-state index in [1.54, 1.807) is 12.4 Å². The van der Waals surface area contributed by atoms with Gasteiger partial charge < -0.3 is 4.57 Å². The Morgan fingerprint density at radius 2 is 1.85 bits per heavy atom. The van der Waals surface area contributed by atoms with Crippen LogP contribution < -0.4 is 0 Å². The fourth-order valence-electron chi connectivity index (χ4n) is 2.36. The normalized spacial score (nSPS) is 14.3. The molecule has 0 saturated heterocycles. The maximum atomic E-state index is 6.28. The van der Waals surface area contributed by atoms with Crippen molar-refractivity contribution in [2.45, 2.75) is 25.3 Å². The second-order valence-electron chi connectivity index (χ2n) is 4.73. The summed E-state index contributed by atoms with van der Waals surface area (Å²) in [6, 6.07) is 9.76. The Hall–Kier alpha value is -1.94. The molecule has 3 heterocycles. The van der Waals surface area contributed by atoms with Crippen LogP contribution in [0.25, 0.3) is 11.2 Å². The molecule has 0 radical (unpaired) electrons. The fraction of sp³-hybridized carbons (Fsp3) is 0.267. The van der Waals surface area contributed by atoms with Gasteiger partial charge in [0, 0.05) is 12.4 Å². The molecule has 3 aromatic rings. The van der Waals surface area contributed by atoms with Gasteiger partial charge >= 0.3 is 0 Å². The highest BCUT2D eigenvalue weighted by Gasteiger charge is 2.21. The molecule has 0 saturated carbocycles. The van der Waals surface area contributed by atoms with Crippen molar-refractivity contribution in [3.8, 4) is 0 Å². The van der Waals surface area contributed by atoms with E-state index in [1.165, 1.54) is 0 Å². The molecule has 2 unspecified atom stereocenters. The van der Waals surface area contributed by atoms with Gasteiger partial charge in [0.15, 0.2) is 5.65 Å². The summed E-state index contributed by atoms with van der Waals surface area (Å²) in [7, 11) is 0. The lowest BCUT2D eigenvalue weighted by Gasteiger charge is -2.17. The van der Waals surface area contributed by atoms with Crippen molar-refractivity contribution < 1.29 is 0 Å². The lowest BCUT2D eigenvalue weighted by Crippen LogP contribution is -2.13. The topological polar surface area (TPSA) is 43.6 Å². The molecule has 0 bridgehead atoms. The smallest absolute Gasteiger partial charge is 0.160 e. The molecule has 20 heavy (non-hydrogen) atoms. The van der Waals surface area contributed by atoms with Gasteiger partial charge in [-0.3, -0.25) is 4.98 Å². The molecule has 0 aliphatic rings. The third-order valence-electron chi connectivity index (χ3n) is 3.33. The highest BCUT2D eigenvalue weighted by atomic mass is 35.5. The van der Waals surface area contributed by atoms with E-state index in [4.69, 9.17) is 11.6 Å². The van der Waals surface area contributed by atoms with Crippen LogP contribution in [0.2, 0.25) is 0 Å². The average Bonchev–Trinajstić information content (AvgIpc) is 2.87. The number of hydrogen-bond acceptors (Lipinski definition) is 3. The molecule has 4 nitrogen and oxygen atoms in total. The molecule has 2 atom stereocenters. The first kappa shape index (κ1) is 13.1. The van der Waals surface area contributed by atoms with Crippen LogP contribution in [-0.4, -0.2) is 19.5 Å². The quantitative estimate of drug-likeness (QED) is 0.689. The zero-order valence-corrected chi connectivity index (χ0v) is 12.1. The molecule has 3 aromatic heterocycles. The monoisotopic (exact) mass is 286 g/mol. The summed E-state index contributed by atoms with van der Waals surface area (Å²) in [5, 5.41) is -0.185. The number of halogens is 1. The highest BCUT2D eigenvalue weighted by Crippen LogP contribution is 2.29. The summed E-state index contributed by atoms with van der Waals surface area (Å²) < 4.78 is 2.06. The Morgan fingerprint density at radius 1 is 1.05 bits per heavy atom. The van der Waals surface area contributed by atoms with Gasteiger partial charge in [0.05, 0.1) is 17.1 Å². The van der Waals surface area contributed by atoms with Gasteiger partial charge in [0.1, 0.15) is 11.3 Å². The van der Waals surface area contributed by atoms with Crippen LogP contribution >= 0.6 is 11.6 Å². The third-order valence-corrected chi connectivity index (χ3v) is 3.53. The number of rotatable bonds is 3. The Morgan fingerprint density at radius 3 is 2.55 bits per heavy atom. The second kappa shape index (κ2) is 5.21. The van der Waals surface area contributed by atoms with Gasteiger partial charge in [-0.25, -0.2) is 9.97 Å². The minimum absolute atomic E-state index is 0.0345. The maximum Gasteiger partial charge on any atom is 0.160 e. The van der Waals surface area contributed by atoms with Crippen LogP contribution in [0, 0.1) is 0 Å². The molecule has 0 amide bonds. The minimum atomic E-state index is -0.185. The van der Waals surface area contributed by atoms with E-state index in [-0.39, 0.29) is 11.4 Å². The van der Waals surface area contributed by atoms with Gasteiger partial charge in [-0.2, -0.15) is 0 Å². The lowest BCUT2D eigenvalue weighted by atomic mass is 10.2. The number of pyridine rings is 2. The van der Waals surface area contributed by atoms with Crippen LogP contribution in [0.3, 0.4) is 0 Å². The van der Waals surface area contributed by atoms with Crippen molar-refractivity contribution >= 4 is 22.8 Å². The van der Waals surface area contributed by atoms with Crippen LogP contribution in [0.5, 0.6) is 0 Å². The van der Waals surface area contributed by atoms with Gasteiger partial charge in [0.25, 0.3) is 0 Å². The molecule has 0 aliphatic heterocycles. The molecule has 3 rings (SSSR count). The molecular formula is C15H15ClN4. The fourth-order valence-corrected chi connectivity index (χ4v) is 2.52. The highest BCUT2D eigenvalue weighted by molar-refractivity contribution is 6.20. The zero-order valence-electron chi connectivity index (χ0n) is 11.4. The van der Waals surface area contributed by atoms with E-state index in [1.807, 2.05) is 37.3 Å². The van der Waals surface area contributed by atoms with Crippen molar-refractivity contribution in [3.05, 3.63) is 54.2 Å². The predicted octanol–water partition coefficient (Wildman–Crippen LogP) is 3.74. The third kappa shape index (κ3) is 2.16. The van der Waals surface area contributed by atoms with Crippen molar-refractivity contribution in [1.82, 2.24) is 19.5 Å². The van der Waals surface area contributed by atoms with E-state index in [9.17, 15) is 0 Å². The number of imidazole rings is 1. The summed E-state index contributed by atoms with van der Waals surface area (Å²) in [6.07, 6.45) is 3.57. The summed E-state index contributed by atoms with van der Waals surface area (Å²) in [6.45, 7) is 4.01. The summed E-state index contributed by atoms with van der Waals surface area (Å²) >= 11 is 6.28. The number of nitrogens with zero attached hydrogens (tertiary/aromatic N) is 4. The number of alkyl halides is 1. The van der Waals surface area contributed by atoms with Crippen molar-refractivity contribution in [1.29, 1.82) is 0 Å². The molecule has 0 aromatic carbocycles. The molecule has 102 valence electrons. The first-order chi connectivity index (χ1) is 9.68. The molecular weight excluding hydrogens is 272 g/mol. The minimum Gasteiger partial charge on any atom is -0.303 e. The van der Waals surface area contributed by atoms with Crippen LogP contribution in [0.4, 0.5) is 0 Å². The Kier molecular flexibility index (Phi) is 3.40. The van der Waals surface area contributed by atoms with Crippen LogP contribution in [0.1, 0.15) is 36.8 Å². The standard InChI is InChI=1S/C15H15ClN4/c1-10(16)14-19-13-7-5-9-18-15(13)20(14)11(2)12-6-3-4-8-17-12/h3-11H,1-2H3. The van der Waals surface area contributed by atoms with E-state index < -0.39 is 0 Å². The Balaban J connectivity index is 2.21. The first-order valence-corrected chi connectivity index (χ1v) is 7.00. The lowest BCUT2D eigenvalue weighted by molar-refractivity contribution is 0.599. The Bertz CT molecular complexity index is 721. The van der Waals surface area contributed by atoms with E-state index in [2.05, 4.69) is 26.4 Å². The maximum absolute atomic E-state index is 6.28. The van der Waals surface area contributed by atoms with Gasteiger partial charge in [-0.1, -0.05) is 6.07 Å². The number of fused-ring (bicyclic) bond motifs is 1. The molecule has 5 heteroatoms. The van der Waals surface area contributed by atoms with Gasteiger partial charge in [-0.05, 0) is 38.1 Å². The van der Waals surface area contributed by atoms with Crippen LogP contribution in [-0.2, 0) is 0 Å². The molecule has 0 fully saturated rings. The largest absolute Gasteiger partial charge is 0.303 e. The van der Waals surface area contributed by atoms with Crippen molar-refractivity contribution in [2.24, 2.45) is 0 Å². The SMILES string of the molecule is CC(Cl)c1nc2cccnc2n1C(C)c1ccccn1. The second-order valence-corrected chi connectivity index (χ2v) is 5.39. The Labute approximate surface area is 122 Å². The average molecular weight is 287 g/mol. The van der Waals surface area contributed by atoms with Crippen molar-refractivity contribution in [2.75, 3.05) is 0 Å². The first-order valence-electron chi connectivity index (χ1n) is 6.56. The number of aromatic nitrogens is 4. The summed E-state index contributed by atoms with van der Waals surface area (Å²) in [5.41, 5.74) is 2.67. The number of hydrogen-bond donors (Lipinski definition) is 0. The van der Waals surface area contributed by atoms with E-state index in [0.29, 0.717) is 0 Å². The van der Waals surface area contributed by atoms with E-state index in [0.717, 1.165) is 22.7 Å².